The number of hydrogen-bond donors (Lipinski definition) is 4. The van der Waals surface area contributed by atoms with Gasteiger partial charge in [0.15, 0.2) is 0 Å². The third-order valence-corrected chi connectivity index (χ3v) is 3.33. The summed E-state index contributed by atoms with van der Waals surface area (Å²) in [6.45, 7) is 0.188. The van der Waals surface area contributed by atoms with Crippen molar-refractivity contribution in [1.29, 1.82) is 0 Å². The van der Waals surface area contributed by atoms with Gasteiger partial charge in [0.1, 0.15) is 6.04 Å². The second-order valence-electron chi connectivity index (χ2n) is 5.00. The number of primary amides is 1. The van der Waals surface area contributed by atoms with E-state index >= 15 is 0 Å². The van der Waals surface area contributed by atoms with Gasteiger partial charge >= 0.3 is 6.03 Å². The monoisotopic (exact) mass is 277 g/mol. The van der Waals surface area contributed by atoms with E-state index in [0.29, 0.717) is 5.56 Å². The quantitative estimate of drug-likeness (QED) is 0.600. The first kappa shape index (κ1) is 14.3. The molecule has 1 saturated carbocycles. The number of nitrogens with two attached hydrogens (primary N) is 1. The Hall–Kier alpha value is -2.08. The summed E-state index contributed by atoms with van der Waals surface area (Å²) in [7, 11) is 0. The van der Waals surface area contributed by atoms with Crippen LogP contribution in [0, 0.1) is 5.92 Å². The van der Waals surface area contributed by atoms with Crippen LogP contribution >= 0.6 is 0 Å². The second-order valence-corrected chi connectivity index (χ2v) is 5.00. The van der Waals surface area contributed by atoms with E-state index in [1.54, 1.807) is 24.3 Å². The Morgan fingerprint density at radius 2 is 1.95 bits per heavy atom. The average molecular weight is 277 g/mol. The van der Waals surface area contributed by atoms with Crippen molar-refractivity contribution < 1.29 is 14.7 Å². The molecule has 2 unspecified atom stereocenters. The van der Waals surface area contributed by atoms with E-state index in [2.05, 4.69) is 10.6 Å². The van der Waals surface area contributed by atoms with Crippen LogP contribution in [0.1, 0.15) is 24.4 Å². The molecule has 1 aliphatic rings. The maximum atomic E-state index is 12.1. The molecule has 108 valence electrons. The van der Waals surface area contributed by atoms with Gasteiger partial charge in [-0.1, -0.05) is 30.3 Å². The number of nitrogens with one attached hydrogen (secondary N) is 2. The van der Waals surface area contributed by atoms with E-state index in [0.717, 1.165) is 12.8 Å². The molecule has 1 aromatic carbocycles. The molecule has 2 atom stereocenters. The number of carbonyl (C=O) groups is 2. The molecule has 1 fully saturated rings. The summed E-state index contributed by atoms with van der Waals surface area (Å²) in [4.78, 5) is 23.2. The van der Waals surface area contributed by atoms with Gasteiger partial charge in [0.2, 0.25) is 5.91 Å². The molecular formula is C14H19N3O3. The largest absolute Gasteiger partial charge is 0.391 e. The first-order valence-corrected chi connectivity index (χ1v) is 6.64. The van der Waals surface area contributed by atoms with Gasteiger partial charge in [0, 0.05) is 6.54 Å². The first-order valence-electron chi connectivity index (χ1n) is 6.64. The van der Waals surface area contributed by atoms with E-state index < -0.39 is 18.2 Å². The normalized spacial score (nSPS) is 17.1. The molecule has 20 heavy (non-hydrogen) atoms. The lowest BCUT2D eigenvalue weighted by Gasteiger charge is -2.19. The molecule has 5 N–H and O–H groups in total. The number of rotatable bonds is 6. The van der Waals surface area contributed by atoms with E-state index in [9.17, 15) is 14.7 Å². The van der Waals surface area contributed by atoms with E-state index in [1.807, 2.05) is 6.07 Å². The predicted molar refractivity (Wildman–Crippen MR) is 73.6 cm³/mol. The predicted octanol–water partition coefficient (Wildman–Crippen LogP) is 0.283. The zero-order valence-corrected chi connectivity index (χ0v) is 11.1. The molecule has 0 bridgehead atoms. The minimum Gasteiger partial charge on any atom is -0.391 e. The second kappa shape index (κ2) is 6.38. The zero-order valence-electron chi connectivity index (χ0n) is 11.1. The van der Waals surface area contributed by atoms with Crippen molar-refractivity contribution in [3.63, 3.8) is 0 Å². The number of urea groups is 1. The van der Waals surface area contributed by atoms with Crippen molar-refractivity contribution in [2.24, 2.45) is 11.7 Å². The summed E-state index contributed by atoms with van der Waals surface area (Å²) in [5.41, 5.74) is 5.75. The van der Waals surface area contributed by atoms with Crippen LogP contribution in [0.25, 0.3) is 0 Å². The van der Waals surface area contributed by atoms with E-state index in [4.69, 9.17) is 5.73 Å². The Balaban J connectivity index is 1.98. The van der Waals surface area contributed by atoms with Crippen molar-refractivity contribution in [2.45, 2.75) is 25.0 Å². The molecule has 6 nitrogen and oxygen atoms in total. The number of carbonyl (C=O) groups excluding carboxylic acids is 2. The highest BCUT2D eigenvalue weighted by molar-refractivity contribution is 5.87. The molecule has 1 aliphatic carbocycles. The average Bonchev–Trinajstić information content (AvgIpc) is 3.27. The van der Waals surface area contributed by atoms with Crippen molar-refractivity contribution >= 4 is 11.9 Å². The minimum atomic E-state index is -0.847. The fraction of sp³-hybridized carbons (Fsp3) is 0.429. The van der Waals surface area contributed by atoms with Crippen molar-refractivity contribution in [2.75, 3.05) is 6.54 Å². The van der Waals surface area contributed by atoms with Crippen LogP contribution in [0.5, 0.6) is 0 Å². The summed E-state index contributed by atoms with van der Waals surface area (Å²) < 4.78 is 0. The van der Waals surface area contributed by atoms with Crippen LogP contribution in [0.2, 0.25) is 0 Å². The van der Waals surface area contributed by atoms with Gasteiger partial charge in [-0.05, 0) is 24.3 Å². The van der Waals surface area contributed by atoms with Crippen molar-refractivity contribution in [3.05, 3.63) is 35.9 Å². The number of amides is 3. The van der Waals surface area contributed by atoms with Crippen LogP contribution in [-0.2, 0) is 4.79 Å². The lowest BCUT2D eigenvalue weighted by Crippen LogP contribution is -2.44. The third kappa shape index (κ3) is 3.96. The summed E-state index contributed by atoms with van der Waals surface area (Å²) in [5, 5.41) is 14.8. The summed E-state index contributed by atoms with van der Waals surface area (Å²) >= 11 is 0. The molecule has 2 rings (SSSR count). The maximum absolute atomic E-state index is 12.1. The standard InChI is InChI=1S/C14H19N3O3/c15-14(20)17-12(10-4-2-1-3-5-10)13(19)16-8-11(18)9-6-7-9/h1-5,9,11-12,18H,6-8H2,(H,16,19)(H3,15,17,20). The fourth-order valence-corrected chi connectivity index (χ4v) is 2.04. The summed E-state index contributed by atoms with van der Waals surface area (Å²) in [6, 6.07) is 7.22. The van der Waals surface area contributed by atoms with Gasteiger partial charge in [-0.25, -0.2) is 4.79 Å². The van der Waals surface area contributed by atoms with Gasteiger partial charge < -0.3 is 21.5 Å². The highest BCUT2D eigenvalue weighted by atomic mass is 16.3. The molecule has 0 heterocycles. The third-order valence-electron chi connectivity index (χ3n) is 3.33. The van der Waals surface area contributed by atoms with E-state index in [1.165, 1.54) is 0 Å². The van der Waals surface area contributed by atoms with Crippen molar-refractivity contribution in [1.82, 2.24) is 10.6 Å². The first-order chi connectivity index (χ1) is 9.58. The smallest absolute Gasteiger partial charge is 0.313 e. The maximum Gasteiger partial charge on any atom is 0.313 e. The van der Waals surface area contributed by atoms with Crippen LogP contribution < -0.4 is 16.4 Å². The number of aliphatic hydroxyl groups is 1. The molecule has 0 aliphatic heterocycles. The topological polar surface area (TPSA) is 104 Å². The zero-order chi connectivity index (χ0) is 14.5. The van der Waals surface area contributed by atoms with Gasteiger partial charge in [-0.15, -0.1) is 0 Å². The summed E-state index contributed by atoms with van der Waals surface area (Å²) in [5.74, 6) is -0.0933. The highest BCUT2D eigenvalue weighted by Gasteiger charge is 2.30. The molecule has 0 radical (unpaired) electrons. The number of benzene rings is 1. The molecule has 6 heteroatoms. The molecule has 3 amide bonds. The minimum absolute atomic E-state index is 0.188. The van der Waals surface area contributed by atoms with Crippen LogP contribution in [-0.4, -0.2) is 29.7 Å². The Kier molecular flexibility index (Phi) is 4.57. The fourth-order valence-electron chi connectivity index (χ4n) is 2.04. The Labute approximate surface area is 117 Å². The molecular weight excluding hydrogens is 258 g/mol. The highest BCUT2D eigenvalue weighted by Crippen LogP contribution is 2.32. The summed E-state index contributed by atoms with van der Waals surface area (Å²) in [6.07, 6.45) is 1.47. The Morgan fingerprint density at radius 3 is 2.50 bits per heavy atom. The lowest BCUT2D eigenvalue weighted by atomic mass is 10.1. The van der Waals surface area contributed by atoms with Crippen LogP contribution in [0.3, 0.4) is 0 Å². The van der Waals surface area contributed by atoms with Crippen LogP contribution in [0.4, 0.5) is 4.79 Å². The molecule has 1 aromatic rings. The van der Waals surface area contributed by atoms with Gasteiger partial charge in [0.05, 0.1) is 6.10 Å². The molecule has 0 spiro atoms. The molecule has 0 aromatic heterocycles. The Morgan fingerprint density at radius 1 is 1.30 bits per heavy atom. The Bertz CT molecular complexity index is 474. The number of aliphatic hydroxyl groups excluding tert-OH is 1. The lowest BCUT2D eigenvalue weighted by molar-refractivity contribution is -0.123. The SMILES string of the molecule is NC(=O)NC(C(=O)NCC(O)C1CC1)c1ccccc1. The molecule has 0 saturated heterocycles. The van der Waals surface area contributed by atoms with Gasteiger partial charge in [-0.3, -0.25) is 4.79 Å². The van der Waals surface area contributed by atoms with Gasteiger partial charge in [-0.2, -0.15) is 0 Å². The van der Waals surface area contributed by atoms with Crippen molar-refractivity contribution in [3.8, 4) is 0 Å². The van der Waals surface area contributed by atoms with Gasteiger partial charge in [0.25, 0.3) is 0 Å². The van der Waals surface area contributed by atoms with E-state index in [-0.39, 0.29) is 18.4 Å². The number of hydrogen-bond acceptors (Lipinski definition) is 3. The van der Waals surface area contributed by atoms with Crippen LogP contribution in [0.15, 0.2) is 30.3 Å².